The summed E-state index contributed by atoms with van der Waals surface area (Å²) in [6.45, 7) is 6.32. The normalized spacial score (nSPS) is 11.1. The summed E-state index contributed by atoms with van der Waals surface area (Å²) in [6, 6.07) is 0. The van der Waals surface area contributed by atoms with Crippen LogP contribution in [0.25, 0.3) is 0 Å². The number of nitrogens with zero attached hydrogens (tertiary/aromatic N) is 1. The van der Waals surface area contributed by atoms with Gasteiger partial charge >= 0.3 is 0 Å². The maximum absolute atomic E-state index is 5.41. The molecule has 0 saturated carbocycles. The summed E-state index contributed by atoms with van der Waals surface area (Å²) < 4.78 is 0. The van der Waals surface area contributed by atoms with Gasteiger partial charge in [-0.05, 0) is 32.4 Å². The number of thiocarbonyl (C=S) groups is 1. The van der Waals surface area contributed by atoms with Crippen molar-refractivity contribution in [2.75, 3.05) is 20.1 Å². The molecule has 3 heteroatoms. The Morgan fingerprint density at radius 1 is 1.50 bits per heavy atom. The van der Waals surface area contributed by atoms with E-state index in [1.165, 1.54) is 12.8 Å². The molecule has 0 radical (unpaired) electrons. The molecule has 2 nitrogen and oxygen atoms in total. The second-order valence-corrected chi connectivity index (χ2v) is 4.26. The molecule has 0 rings (SSSR count). The number of hydrogen-bond donors (Lipinski definition) is 1. The van der Waals surface area contributed by atoms with E-state index in [1.54, 1.807) is 0 Å². The van der Waals surface area contributed by atoms with E-state index in [0.29, 0.717) is 4.99 Å². The van der Waals surface area contributed by atoms with Crippen molar-refractivity contribution in [3.8, 4) is 0 Å². The number of nitrogens with two attached hydrogens (primary N) is 1. The standard InChI is InChI=1S/C9H20N2S/c1-8(2)5-4-6-11(3)7-9(10)12/h8H,4-7H2,1-3H3,(H2,10,12). The summed E-state index contributed by atoms with van der Waals surface area (Å²) in [5.41, 5.74) is 5.41. The molecule has 0 aliphatic heterocycles. The van der Waals surface area contributed by atoms with Crippen molar-refractivity contribution in [3.05, 3.63) is 0 Å². The summed E-state index contributed by atoms with van der Waals surface area (Å²) >= 11 is 4.81. The highest BCUT2D eigenvalue weighted by molar-refractivity contribution is 7.80. The zero-order chi connectivity index (χ0) is 9.56. The fraction of sp³-hybridized carbons (Fsp3) is 0.889. The zero-order valence-electron chi connectivity index (χ0n) is 8.34. The third kappa shape index (κ3) is 7.95. The number of rotatable bonds is 6. The van der Waals surface area contributed by atoms with Crippen LogP contribution >= 0.6 is 12.2 Å². The molecule has 0 unspecified atom stereocenters. The minimum atomic E-state index is 0.585. The third-order valence-corrected chi connectivity index (χ3v) is 1.88. The van der Waals surface area contributed by atoms with Gasteiger partial charge in [0.1, 0.15) is 0 Å². The molecule has 0 spiro atoms. The van der Waals surface area contributed by atoms with E-state index < -0.39 is 0 Å². The lowest BCUT2D eigenvalue weighted by molar-refractivity contribution is 0.357. The molecule has 0 amide bonds. The summed E-state index contributed by atoms with van der Waals surface area (Å²) in [5.74, 6) is 0.795. The van der Waals surface area contributed by atoms with E-state index >= 15 is 0 Å². The van der Waals surface area contributed by atoms with Crippen molar-refractivity contribution in [1.29, 1.82) is 0 Å². The van der Waals surface area contributed by atoms with Gasteiger partial charge in [0.15, 0.2) is 0 Å². The molecule has 0 heterocycles. The van der Waals surface area contributed by atoms with E-state index in [9.17, 15) is 0 Å². The Morgan fingerprint density at radius 2 is 2.08 bits per heavy atom. The lowest BCUT2D eigenvalue weighted by Crippen LogP contribution is -2.30. The number of hydrogen-bond acceptors (Lipinski definition) is 2. The first-order valence-corrected chi connectivity index (χ1v) is 4.90. The molecular weight excluding hydrogens is 168 g/mol. The molecule has 0 atom stereocenters. The zero-order valence-corrected chi connectivity index (χ0v) is 9.16. The first kappa shape index (κ1) is 11.8. The molecule has 0 fully saturated rings. The van der Waals surface area contributed by atoms with Crippen molar-refractivity contribution in [3.63, 3.8) is 0 Å². The van der Waals surface area contributed by atoms with E-state index in [0.717, 1.165) is 19.0 Å². The Hall–Kier alpha value is -0.150. The van der Waals surface area contributed by atoms with Gasteiger partial charge in [0, 0.05) is 6.54 Å². The van der Waals surface area contributed by atoms with Crippen LogP contribution in [0.1, 0.15) is 26.7 Å². The van der Waals surface area contributed by atoms with Gasteiger partial charge in [0.25, 0.3) is 0 Å². The second-order valence-electron chi connectivity index (χ2n) is 3.74. The molecule has 2 N–H and O–H groups in total. The molecule has 0 aromatic carbocycles. The minimum Gasteiger partial charge on any atom is -0.392 e. The fourth-order valence-corrected chi connectivity index (χ4v) is 1.33. The predicted molar refractivity (Wildman–Crippen MR) is 58.4 cm³/mol. The van der Waals surface area contributed by atoms with Gasteiger partial charge in [-0.2, -0.15) is 0 Å². The van der Waals surface area contributed by atoms with Crippen LogP contribution in [0, 0.1) is 5.92 Å². The van der Waals surface area contributed by atoms with Gasteiger partial charge in [0.05, 0.1) is 4.99 Å². The van der Waals surface area contributed by atoms with Crippen LogP contribution in [-0.2, 0) is 0 Å². The van der Waals surface area contributed by atoms with E-state index in [2.05, 4.69) is 25.8 Å². The first-order chi connectivity index (χ1) is 5.52. The molecule has 0 bridgehead atoms. The van der Waals surface area contributed by atoms with Gasteiger partial charge in [-0.15, -0.1) is 0 Å². The predicted octanol–water partition coefficient (Wildman–Crippen LogP) is 1.64. The van der Waals surface area contributed by atoms with Gasteiger partial charge in [-0.25, -0.2) is 0 Å². The smallest absolute Gasteiger partial charge is 0.0869 e. The average molecular weight is 188 g/mol. The van der Waals surface area contributed by atoms with Crippen LogP contribution < -0.4 is 5.73 Å². The summed E-state index contributed by atoms with van der Waals surface area (Å²) in [6.07, 6.45) is 2.51. The molecule has 0 aliphatic rings. The molecule has 0 aromatic heterocycles. The van der Waals surface area contributed by atoms with Gasteiger partial charge in [-0.3, -0.25) is 4.90 Å². The van der Waals surface area contributed by atoms with Crippen LogP contribution in [0.4, 0.5) is 0 Å². The Kier molecular flexibility index (Phi) is 6.30. The van der Waals surface area contributed by atoms with Crippen LogP contribution in [0.5, 0.6) is 0 Å². The maximum Gasteiger partial charge on any atom is 0.0869 e. The summed E-state index contributed by atoms with van der Waals surface area (Å²) in [5, 5.41) is 0. The largest absolute Gasteiger partial charge is 0.392 e. The molecule has 0 aromatic rings. The highest BCUT2D eigenvalue weighted by Gasteiger charge is 2.00. The van der Waals surface area contributed by atoms with Crippen molar-refractivity contribution >= 4 is 17.2 Å². The van der Waals surface area contributed by atoms with Crippen molar-refractivity contribution in [1.82, 2.24) is 4.90 Å². The lowest BCUT2D eigenvalue weighted by Gasteiger charge is -2.15. The van der Waals surface area contributed by atoms with Crippen LogP contribution in [0.3, 0.4) is 0 Å². The monoisotopic (exact) mass is 188 g/mol. The Morgan fingerprint density at radius 3 is 2.50 bits per heavy atom. The second kappa shape index (κ2) is 6.38. The van der Waals surface area contributed by atoms with Gasteiger partial charge < -0.3 is 5.73 Å². The third-order valence-electron chi connectivity index (χ3n) is 1.75. The van der Waals surface area contributed by atoms with Crippen LogP contribution in [0.2, 0.25) is 0 Å². The Labute approximate surface area is 81.1 Å². The van der Waals surface area contributed by atoms with E-state index in [4.69, 9.17) is 18.0 Å². The van der Waals surface area contributed by atoms with Crippen LogP contribution in [-0.4, -0.2) is 30.0 Å². The van der Waals surface area contributed by atoms with Crippen LogP contribution in [0.15, 0.2) is 0 Å². The van der Waals surface area contributed by atoms with Gasteiger partial charge in [-0.1, -0.05) is 26.1 Å². The Bertz CT molecular complexity index is 134. The van der Waals surface area contributed by atoms with Crippen molar-refractivity contribution in [2.24, 2.45) is 11.7 Å². The quantitative estimate of drug-likeness (QED) is 0.643. The molecule has 0 aliphatic carbocycles. The topological polar surface area (TPSA) is 29.3 Å². The van der Waals surface area contributed by atoms with E-state index in [1.807, 2.05) is 0 Å². The highest BCUT2D eigenvalue weighted by atomic mass is 32.1. The summed E-state index contributed by atoms with van der Waals surface area (Å²) in [4.78, 5) is 2.76. The molecular formula is C9H20N2S. The highest BCUT2D eigenvalue weighted by Crippen LogP contribution is 2.03. The van der Waals surface area contributed by atoms with Gasteiger partial charge in [0.2, 0.25) is 0 Å². The molecule has 12 heavy (non-hydrogen) atoms. The van der Waals surface area contributed by atoms with Crippen molar-refractivity contribution < 1.29 is 0 Å². The lowest BCUT2D eigenvalue weighted by atomic mass is 10.1. The maximum atomic E-state index is 5.41. The minimum absolute atomic E-state index is 0.585. The summed E-state index contributed by atoms with van der Waals surface area (Å²) in [7, 11) is 2.06. The molecule has 0 saturated heterocycles. The fourth-order valence-electron chi connectivity index (χ4n) is 1.11. The molecule has 72 valence electrons. The SMILES string of the molecule is CC(C)CCCN(C)CC(N)=S. The first-order valence-electron chi connectivity index (χ1n) is 4.49. The average Bonchev–Trinajstić information content (AvgIpc) is 1.84. The Balaban J connectivity index is 3.31. The van der Waals surface area contributed by atoms with E-state index in [-0.39, 0.29) is 0 Å². The number of likely N-dealkylation sites (N-methyl/N-ethyl adjacent to an activating group) is 1. The van der Waals surface area contributed by atoms with Crippen molar-refractivity contribution in [2.45, 2.75) is 26.7 Å².